The van der Waals surface area contributed by atoms with Gasteiger partial charge < -0.3 is 0 Å². The van der Waals surface area contributed by atoms with Crippen molar-refractivity contribution in [3.8, 4) is 11.3 Å². The number of H-pyrrole nitrogens is 1. The molecule has 1 atom stereocenters. The Bertz CT molecular complexity index is 1410. The van der Waals surface area contributed by atoms with E-state index in [1.807, 2.05) is 18.2 Å². The molecule has 0 radical (unpaired) electrons. The molecular formula is C26H21F3N4O3. The van der Waals surface area contributed by atoms with Gasteiger partial charge in [-0.3, -0.25) is 19.8 Å². The first-order valence-electron chi connectivity index (χ1n) is 11.4. The van der Waals surface area contributed by atoms with Crippen LogP contribution in [0.1, 0.15) is 42.7 Å². The van der Waals surface area contributed by atoms with Crippen LogP contribution in [0, 0.1) is 0 Å². The van der Waals surface area contributed by atoms with E-state index in [2.05, 4.69) is 15.6 Å². The summed E-state index contributed by atoms with van der Waals surface area (Å²) < 4.78 is 39.1. The molecule has 0 bridgehead atoms. The molecule has 2 N–H and O–H groups in total. The van der Waals surface area contributed by atoms with Crippen LogP contribution in [0.4, 0.5) is 18.9 Å². The van der Waals surface area contributed by atoms with E-state index in [4.69, 9.17) is 0 Å². The highest BCUT2D eigenvalue weighted by molar-refractivity contribution is 6.01. The summed E-state index contributed by atoms with van der Waals surface area (Å²) in [6.45, 7) is 0. The van der Waals surface area contributed by atoms with Crippen molar-refractivity contribution < 1.29 is 22.8 Å². The van der Waals surface area contributed by atoms with Crippen molar-refractivity contribution in [3.63, 3.8) is 0 Å². The summed E-state index contributed by atoms with van der Waals surface area (Å²) in [6.07, 6.45) is -3.35. The molecular weight excluding hydrogens is 473 g/mol. The van der Waals surface area contributed by atoms with Crippen LogP contribution < -0.4 is 11.0 Å². The minimum atomic E-state index is -4.48. The molecule has 0 saturated heterocycles. The second-order valence-electron chi connectivity index (χ2n) is 8.72. The summed E-state index contributed by atoms with van der Waals surface area (Å²) in [5, 5.41) is 7.82. The molecule has 1 aliphatic carbocycles. The molecule has 0 spiro atoms. The number of nitrogens with zero attached hydrogens (tertiary/aromatic N) is 2. The molecule has 3 aromatic rings. The zero-order chi connectivity index (χ0) is 25.4. The number of halogens is 3. The number of anilines is 1. The molecule has 7 nitrogen and oxygen atoms in total. The zero-order valence-electron chi connectivity index (χ0n) is 18.9. The van der Waals surface area contributed by atoms with Gasteiger partial charge in [-0.1, -0.05) is 42.5 Å². The predicted octanol–water partition coefficient (Wildman–Crippen LogP) is 4.81. The van der Waals surface area contributed by atoms with Gasteiger partial charge in [0.2, 0.25) is 5.91 Å². The van der Waals surface area contributed by atoms with Crippen molar-refractivity contribution in [2.24, 2.45) is 0 Å². The summed E-state index contributed by atoms with van der Waals surface area (Å²) in [6, 6.07) is 14.9. The second-order valence-corrected chi connectivity index (χ2v) is 8.72. The van der Waals surface area contributed by atoms with E-state index < -0.39 is 23.2 Å². The lowest BCUT2D eigenvalue weighted by molar-refractivity contribution is -0.137. The number of carbonyl (C=O) groups excluding carboxylic acids is 2. The molecule has 2 heterocycles. The van der Waals surface area contributed by atoms with Gasteiger partial charge in [0.15, 0.2) is 5.78 Å². The number of aromatic nitrogens is 2. The van der Waals surface area contributed by atoms with Gasteiger partial charge in [0.1, 0.15) is 5.69 Å². The molecule has 0 fully saturated rings. The van der Waals surface area contributed by atoms with E-state index in [0.29, 0.717) is 47.4 Å². The number of rotatable bonds is 4. The van der Waals surface area contributed by atoms with Crippen molar-refractivity contribution in [3.05, 3.63) is 93.4 Å². The van der Waals surface area contributed by atoms with Crippen LogP contribution in [0.15, 0.2) is 76.7 Å². The van der Waals surface area contributed by atoms with E-state index in [-0.39, 0.29) is 23.8 Å². The van der Waals surface area contributed by atoms with Crippen LogP contribution in [0.5, 0.6) is 0 Å². The Morgan fingerprint density at radius 3 is 2.39 bits per heavy atom. The smallest absolute Gasteiger partial charge is 0.294 e. The van der Waals surface area contributed by atoms with Crippen LogP contribution in [0.25, 0.3) is 11.3 Å². The third-order valence-corrected chi connectivity index (χ3v) is 6.40. The molecule has 1 aliphatic heterocycles. The standard InChI is InChI=1S/C26H21F3N4O3/c27-26(28,29)17-11-9-15(10-12-17)18-13-23(36)33(20-7-4-8-21(34)24(18)20)32-19-14-22(35)30-31-25(19)16-5-2-1-3-6-16/h1-3,5-6,9-12,14,18H,4,7-8,13H2,(H2,30,32,35)/t18-/m1/s1. The number of Topliss-reactive ketones (excluding diaryl/α,β-unsaturated/α-hetero) is 1. The zero-order valence-corrected chi connectivity index (χ0v) is 18.9. The fourth-order valence-corrected chi connectivity index (χ4v) is 4.74. The highest BCUT2D eigenvalue weighted by Gasteiger charge is 2.40. The van der Waals surface area contributed by atoms with E-state index in [9.17, 15) is 27.6 Å². The number of alkyl halides is 3. The first kappa shape index (κ1) is 23.5. The third kappa shape index (κ3) is 4.41. The number of hydrogen-bond donors (Lipinski definition) is 2. The largest absolute Gasteiger partial charge is 0.416 e. The number of amides is 1. The van der Waals surface area contributed by atoms with Crippen molar-refractivity contribution >= 4 is 17.4 Å². The van der Waals surface area contributed by atoms with Crippen LogP contribution in [0.3, 0.4) is 0 Å². The summed E-state index contributed by atoms with van der Waals surface area (Å²) in [5.41, 5.74) is 4.49. The SMILES string of the molecule is O=C1CCCC2=C1[C@@H](c1ccc(C(F)(F)F)cc1)CC(=O)N2Nc1cc(=O)[nH]nc1-c1ccccc1. The fourth-order valence-electron chi connectivity index (χ4n) is 4.74. The van der Waals surface area contributed by atoms with Gasteiger partial charge in [0.05, 0.1) is 16.9 Å². The lowest BCUT2D eigenvalue weighted by atomic mass is 9.77. The first-order valence-corrected chi connectivity index (χ1v) is 11.4. The van der Waals surface area contributed by atoms with Gasteiger partial charge in [0, 0.05) is 36.0 Å². The minimum absolute atomic E-state index is 0.111. The Morgan fingerprint density at radius 1 is 0.972 bits per heavy atom. The normalized spacial score (nSPS) is 18.3. The molecule has 0 unspecified atom stereocenters. The van der Waals surface area contributed by atoms with Gasteiger partial charge in [0.25, 0.3) is 5.56 Å². The Labute approximate surface area is 203 Å². The highest BCUT2D eigenvalue weighted by atomic mass is 19.4. The number of hydrogen-bond acceptors (Lipinski definition) is 5. The Hall–Kier alpha value is -4.21. The van der Waals surface area contributed by atoms with Crippen LogP contribution in [0.2, 0.25) is 0 Å². The molecule has 2 aliphatic rings. The lowest BCUT2D eigenvalue weighted by Gasteiger charge is -2.38. The lowest BCUT2D eigenvalue weighted by Crippen LogP contribution is -2.43. The highest BCUT2D eigenvalue weighted by Crippen LogP contribution is 2.42. The van der Waals surface area contributed by atoms with E-state index in [1.165, 1.54) is 23.2 Å². The van der Waals surface area contributed by atoms with Crippen molar-refractivity contribution in [1.29, 1.82) is 0 Å². The minimum Gasteiger partial charge on any atom is -0.294 e. The maximum atomic E-state index is 13.3. The molecule has 5 rings (SSSR count). The Balaban J connectivity index is 1.55. The monoisotopic (exact) mass is 494 g/mol. The molecule has 2 aromatic carbocycles. The van der Waals surface area contributed by atoms with Crippen molar-refractivity contribution in [2.75, 3.05) is 5.43 Å². The topological polar surface area (TPSA) is 95.2 Å². The van der Waals surface area contributed by atoms with Crippen molar-refractivity contribution in [1.82, 2.24) is 15.2 Å². The van der Waals surface area contributed by atoms with Crippen LogP contribution in [-0.4, -0.2) is 26.9 Å². The summed E-state index contributed by atoms with van der Waals surface area (Å²) in [5.74, 6) is -1.16. The molecule has 10 heteroatoms. The molecule has 0 saturated carbocycles. The summed E-state index contributed by atoms with van der Waals surface area (Å²) >= 11 is 0. The molecule has 1 amide bonds. The van der Waals surface area contributed by atoms with Crippen molar-refractivity contribution in [2.45, 2.75) is 37.8 Å². The fraction of sp³-hybridized carbons (Fsp3) is 0.231. The van der Waals surface area contributed by atoms with Gasteiger partial charge >= 0.3 is 6.18 Å². The van der Waals surface area contributed by atoms with Gasteiger partial charge in [-0.2, -0.15) is 18.3 Å². The van der Waals surface area contributed by atoms with Crippen LogP contribution in [-0.2, 0) is 15.8 Å². The second kappa shape index (κ2) is 9.10. The number of allylic oxidation sites excluding steroid dienone is 2. The number of nitrogens with one attached hydrogen (secondary N) is 2. The maximum absolute atomic E-state index is 13.3. The molecule has 184 valence electrons. The number of hydrazine groups is 1. The van der Waals surface area contributed by atoms with Gasteiger partial charge in [-0.15, -0.1) is 0 Å². The van der Waals surface area contributed by atoms with Gasteiger partial charge in [-0.25, -0.2) is 10.1 Å². The number of benzene rings is 2. The number of aromatic amines is 1. The van der Waals surface area contributed by atoms with E-state index >= 15 is 0 Å². The van der Waals surface area contributed by atoms with E-state index in [0.717, 1.165) is 12.1 Å². The predicted molar refractivity (Wildman–Crippen MR) is 125 cm³/mol. The number of carbonyl (C=O) groups is 2. The Kier molecular flexibility index (Phi) is 5.95. The number of ketones is 1. The quantitative estimate of drug-likeness (QED) is 0.543. The summed E-state index contributed by atoms with van der Waals surface area (Å²) in [7, 11) is 0. The van der Waals surface area contributed by atoms with Gasteiger partial charge in [-0.05, 0) is 30.5 Å². The van der Waals surface area contributed by atoms with E-state index in [1.54, 1.807) is 12.1 Å². The van der Waals surface area contributed by atoms with Crippen LogP contribution >= 0.6 is 0 Å². The average molecular weight is 494 g/mol. The maximum Gasteiger partial charge on any atom is 0.416 e. The average Bonchev–Trinajstić information content (AvgIpc) is 2.86. The Morgan fingerprint density at radius 2 is 1.69 bits per heavy atom. The molecule has 1 aromatic heterocycles. The third-order valence-electron chi connectivity index (χ3n) is 6.40. The molecule has 36 heavy (non-hydrogen) atoms. The summed E-state index contributed by atoms with van der Waals surface area (Å²) in [4.78, 5) is 38.4. The first-order chi connectivity index (χ1) is 17.2.